The monoisotopic (exact) mass is 336 g/mol. The molecule has 1 atom stereocenters. The number of hydrogen-bond donors (Lipinski definition) is 1. The van der Waals surface area contributed by atoms with Crippen molar-refractivity contribution in [2.24, 2.45) is 0 Å². The molecule has 3 rings (SSSR count). The molecule has 124 valence electrons. The first-order valence-electron chi connectivity index (χ1n) is 7.58. The highest BCUT2D eigenvalue weighted by Gasteiger charge is 2.57. The number of aryl methyl sites for hydroxylation is 1. The highest BCUT2D eigenvalue weighted by atomic mass is 32.2. The third-order valence-electron chi connectivity index (χ3n) is 4.51. The first-order chi connectivity index (χ1) is 10.9. The van der Waals surface area contributed by atoms with Crippen molar-refractivity contribution in [3.05, 3.63) is 42.5 Å². The maximum Gasteiger partial charge on any atom is 0.425 e. The number of ether oxygens (including phenoxy) is 1. The van der Waals surface area contributed by atoms with Gasteiger partial charge in [-0.15, -0.1) is 6.58 Å². The van der Waals surface area contributed by atoms with E-state index in [4.69, 9.17) is 4.74 Å². The minimum absolute atomic E-state index is 0.0814. The molecule has 0 aromatic heterocycles. The van der Waals surface area contributed by atoms with Gasteiger partial charge >= 0.3 is 6.09 Å². The number of amides is 1. The van der Waals surface area contributed by atoms with Crippen LogP contribution in [0, 0.1) is 6.92 Å². The normalized spacial score (nSPS) is 23.8. The zero-order valence-electron chi connectivity index (χ0n) is 13.0. The first kappa shape index (κ1) is 16.0. The summed E-state index contributed by atoms with van der Waals surface area (Å²) < 4.78 is 32.2. The second kappa shape index (κ2) is 5.65. The van der Waals surface area contributed by atoms with Crippen molar-refractivity contribution in [3.63, 3.8) is 0 Å². The van der Waals surface area contributed by atoms with Gasteiger partial charge in [-0.1, -0.05) is 23.8 Å². The molecule has 2 aliphatic heterocycles. The molecule has 23 heavy (non-hydrogen) atoms. The number of carbonyl (C=O) groups is 1. The molecule has 6 nitrogen and oxygen atoms in total. The molecular formula is C16H20N2O4S. The van der Waals surface area contributed by atoms with E-state index in [0.717, 1.165) is 9.87 Å². The Balaban J connectivity index is 2.02. The Labute approximate surface area is 136 Å². The summed E-state index contributed by atoms with van der Waals surface area (Å²) in [6.45, 7) is 6.96. The van der Waals surface area contributed by atoms with Crippen LogP contribution in [0.4, 0.5) is 4.79 Å². The first-order valence-corrected chi connectivity index (χ1v) is 9.02. The van der Waals surface area contributed by atoms with Crippen molar-refractivity contribution in [3.8, 4) is 0 Å². The summed E-state index contributed by atoms with van der Waals surface area (Å²) >= 11 is 0. The average Bonchev–Trinajstić information content (AvgIpc) is 2.80. The van der Waals surface area contributed by atoms with Crippen LogP contribution in [0.15, 0.2) is 41.8 Å². The molecule has 0 bridgehead atoms. The van der Waals surface area contributed by atoms with Crippen LogP contribution in [-0.2, 0) is 14.8 Å². The molecule has 1 aromatic carbocycles. The minimum Gasteiger partial charge on any atom is -0.439 e. The number of nitrogens with one attached hydrogen (secondary N) is 1. The zero-order chi connectivity index (χ0) is 16.7. The summed E-state index contributed by atoms with van der Waals surface area (Å²) in [6, 6.07) is 5.73. The number of benzene rings is 1. The summed E-state index contributed by atoms with van der Waals surface area (Å²) in [4.78, 5) is 12.4. The third kappa shape index (κ3) is 2.53. The molecule has 7 heteroatoms. The van der Waals surface area contributed by atoms with Crippen molar-refractivity contribution in [2.75, 3.05) is 13.1 Å². The van der Waals surface area contributed by atoms with Gasteiger partial charge in [-0.3, -0.25) is 0 Å². The van der Waals surface area contributed by atoms with E-state index in [-0.39, 0.29) is 4.90 Å². The van der Waals surface area contributed by atoms with Crippen molar-refractivity contribution >= 4 is 16.1 Å². The smallest absolute Gasteiger partial charge is 0.425 e. The lowest BCUT2D eigenvalue weighted by atomic mass is 9.85. The average molecular weight is 336 g/mol. The van der Waals surface area contributed by atoms with Crippen LogP contribution in [0.5, 0.6) is 0 Å². The molecule has 2 aliphatic rings. The zero-order valence-corrected chi connectivity index (χ0v) is 13.8. The highest BCUT2D eigenvalue weighted by Crippen LogP contribution is 2.40. The number of rotatable bonds is 3. The van der Waals surface area contributed by atoms with E-state index in [0.29, 0.717) is 25.9 Å². The number of sulfonamides is 1. The van der Waals surface area contributed by atoms with Gasteiger partial charge < -0.3 is 10.1 Å². The van der Waals surface area contributed by atoms with Crippen molar-refractivity contribution in [2.45, 2.75) is 36.3 Å². The SMILES string of the molecule is C=C[C@@H]1N(S(=O)(=O)c2ccc(C)cc2)C(=O)OC12CCNCC2. The minimum atomic E-state index is -3.97. The molecule has 0 radical (unpaired) electrons. The Kier molecular flexibility index (Phi) is 3.93. The van der Waals surface area contributed by atoms with Gasteiger partial charge in [0.25, 0.3) is 10.0 Å². The summed E-state index contributed by atoms with van der Waals surface area (Å²) in [5.74, 6) is 0. The summed E-state index contributed by atoms with van der Waals surface area (Å²) in [7, 11) is -3.97. The quantitative estimate of drug-likeness (QED) is 0.852. The van der Waals surface area contributed by atoms with Gasteiger partial charge in [0.15, 0.2) is 0 Å². The Morgan fingerprint density at radius 3 is 2.48 bits per heavy atom. The molecule has 2 fully saturated rings. The number of piperidine rings is 1. The number of nitrogens with zero attached hydrogens (tertiary/aromatic N) is 1. The predicted octanol–water partition coefficient (Wildman–Crippen LogP) is 1.81. The van der Waals surface area contributed by atoms with Crippen LogP contribution in [0.1, 0.15) is 18.4 Å². The Bertz CT molecular complexity index is 721. The maximum atomic E-state index is 12.9. The maximum absolute atomic E-state index is 12.9. The fraction of sp³-hybridized carbons (Fsp3) is 0.438. The van der Waals surface area contributed by atoms with Crippen LogP contribution in [0.3, 0.4) is 0 Å². The van der Waals surface area contributed by atoms with E-state index in [9.17, 15) is 13.2 Å². The predicted molar refractivity (Wildman–Crippen MR) is 85.5 cm³/mol. The van der Waals surface area contributed by atoms with E-state index in [1.54, 1.807) is 12.1 Å². The molecule has 0 unspecified atom stereocenters. The van der Waals surface area contributed by atoms with Crippen molar-refractivity contribution in [1.82, 2.24) is 9.62 Å². The Morgan fingerprint density at radius 1 is 1.30 bits per heavy atom. The summed E-state index contributed by atoms with van der Waals surface area (Å²) in [5.41, 5.74) is 0.130. The molecule has 1 N–H and O–H groups in total. The topological polar surface area (TPSA) is 75.7 Å². The van der Waals surface area contributed by atoms with Crippen LogP contribution in [-0.4, -0.2) is 43.5 Å². The molecule has 2 saturated heterocycles. The third-order valence-corrected chi connectivity index (χ3v) is 6.28. The van der Waals surface area contributed by atoms with Crippen LogP contribution < -0.4 is 5.32 Å². The molecule has 0 aliphatic carbocycles. The molecular weight excluding hydrogens is 316 g/mol. The second-order valence-corrected chi connectivity index (χ2v) is 7.79. The van der Waals surface area contributed by atoms with E-state index in [2.05, 4.69) is 11.9 Å². The van der Waals surface area contributed by atoms with Gasteiger partial charge in [0.2, 0.25) is 0 Å². The van der Waals surface area contributed by atoms with E-state index in [1.807, 2.05) is 6.92 Å². The standard InChI is InChI=1S/C16H20N2O4S/c1-3-14-16(8-10-17-11-9-16)22-15(19)18(14)23(20,21)13-6-4-12(2)5-7-13/h3-7,14,17H,1,8-11H2,2H3/t14-/m0/s1. The van der Waals surface area contributed by atoms with Gasteiger partial charge in [-0.2, -0.15) is 4.31 Å². The highest BCUT2D eigenvalue weighted by molar-refractivity contribution is 7.89. The lowest BCUT2D eigenvalue weighted by Crippen LogP contribution is -2.51. The van der Waals surface area contributed by atoms with Gasteiger partial charge in [-0.05, 0) is 32.1 Å². The summed E-state index contributed by atoms with van der Waals surface area (Å²) in [5, 5.41) is 3.19. The van der Waals surface area contributed by atoms with Gasteiger partial charge in [0.1, 0.15) is 11.6 Å². The van der Waals surface area contributed by atoms with Crippen molar-refractivity contribution in [1.29, 1.82) is 0 Å². The van der Waals surface area contributed by atoms with Gasteiger partial charge in [0, 0.05) is 12.8 Å². The van der Waals surface area contributed by atoms with Crippen LogP contribution in [0.2, 0.25) is 0 Å². The van der Waals surface area contributed by atoms with Crippen LogP contribution >= 0.6 is 0 Å². The fourth-order valence-corrected chi connectivity index (χ4v) is 4.75. The molecule has 2 heterocycles. The Morgan fingerprint density at radius 2 is 1.91 bits per heavy atom. The molecule has 1 aromatic rings. The second-order valence-electron chi connectivity index (χ2n) is 5.98. The fourth-order valence-electron chi connectivity index (χ4n) is 3.24. The van der Waals surface area contributed by atoms with E-state index >= 15 is 0 Å². The number of carbonyl (C=O) groups excluding carboxylic acids is 1. The van der Waals surface area contributed by atoms with Gasteiger partial charge in [0.05, 0.1) is 4.90 Å². The molecule has 1 spiro atoms. The number of hydrogen-bond acceptors (Lipinski definition) is 5. The molecule has 1 amide bonds. The van der Waals surface area contributed by atoms with Crippen molar-refractivity contribution < 1.29 is 17.9 Å². The Hall–Kier alpha value is -1.86. The van der Waals surface area contributed by atoms with E-state index < -0.39 is 27.8 Å². The van der Waals surface area contributed by atoms with Crippen LogP contribution in [0.25, 0.3) is 0 Å². The van der Waals surface area contributed by atoms with E-state index in [1.165, 1.54) is 18.2 Å². The molecule has 0 saturated carbocycles. The largest absolute Gasteiger partial charge is 0.439 e. The lowest BCUT2D eigenvalue weighted by Gasteiger charge is -2.36. The van der Waals surface area contributed by atoms with Gasteiger partial charge in [-0.25, -0.2) is 13.2 Å². The lowest BCUT2D eigenvalue weighted by molar-refractivity contribution is 0.0185. The summed E-state index contributed by atoms with van der Waals surface area (Å²) in [6.07, 6.45) is 1.81.